The minimum atomic E-state index is 0.911. The van der Waals surface area contributed by atoms with Gasteiger partial charge in [-0.25, -0.2) is 4.98 Å². The van der Waals surface area contributed by atoms with Crippen LogP contribution in [-0.2, 0) is 0 Å². The van der Waals surface area contributed by atoms with E-state index in [0.717, 1.165) is 27.9 Å². The number of fused-ring (bicyclic) bond motifs is 7. The van der Waals surface area contributed by atoms with E-state index in [2.05, 4.69) is 91.5 Å². The molecule has 3 heteroatoms. The number of aryl methyl sites for hydroxylation is 3. The van der Waals surface area contributed by atoms with Crippen LogP contribution in [0.1, 0.15) is 16.7 Å². The zero-order valence-corrected chi connectivity index (χ0v) is 16.7. The Kier molecular flexibility index (Phi) is 3.22. The number of H-pyrrole nitrogens is 2. The molecule has 2 heterocycles. The van der Waals surface area contributed by atoms with Crippen LogP contribution in [0.5, 0.6) is 0 Å². The summed E-state index contributed by atoms with van der Waals surface area (Å²) in [7, 11) is 0. The summed E-state index contributed by atoms with van der Waals surface area (Å²) in [6, 6.07) is 19.8. The molecule has 0 atom stereocenters. The molecule has 0 spiro atoms. The zero-order valence-electron chi connectivity index (χ0n) is 16.7. The molecule has 3 nitrogen and oxygen atoms in total. The normalized spacial score (nSPS) is 12.0. The topological polar surface area (TPSA) is 44.5 Å². The molecule has 6 aromatic rings. The van der Waals surface area contributed by atoms with Gasteiger partial charge in [0, 0.05) is 33.4 Å². The van der Waals surface area contributed by atoms with Crippen molar-refractivity contribution in [1.82, 2.24) is 15.0 Å². The standard InChI is InChI=1S/C26H21N3/c1-14-4-7-17-18-8-5-15(2)12-21(18)25-24(20(17)11-14)28-26(29-25)22-13-27-23-9-6-16(3)10-19(22)23/h4-13,27H,1-3H3,(H,28,29). The Hall–Kier alpha value is -3.59. The first-order chi connectivity index (χ1) is 14.1. The molecule has 0 amide bonds. The van der Waals surface area contributed by atoms with Crippen molar-refractivity contribution in [2.75, 3.05) is 0 Å². The lowest BCUT2D eigenvalue weighted by atomic mass is 9.97. The average Bonchev–Trinajstić information content (AvgIpc) is 3.32. The molecule has 0 aliphatic carbocycles. The molecule has 0 aliphatic rings. The van der Waals surface area contributed by atoms with Crippen LogP contribution in [0.4, 0.5) is 0 Å². The van der Waals surface area contributed by atoms with E-state index >= 15 is 0 Å². The predicted molar refractivity (Wildman–Crippen MR) is 123 cm³/mol. The number of nitrogens with zero attached hydrogens (tertiary/aromatic N) is 1. The van der Waals surface area contributed by atoms with E-state index in [1.54, 1.807) is 0 Å². The minimum absolute atomic E-state index is 0.911. The van der Waals surface area contributed by atoms with Gasteiger partial charge < -0.3 is 9.97 Å². The molecule has 2 N–H and O–H groups in total. The molecule has 0 saturated carbocycles. The quantitative estimate of drug-likeness (QED) is 0.300. The van der Waals surface area contributed by atoms with E-state index in [4.69, 9.17) is 4.98 Å². The Balaban J connectivity index is 1.77. The van der Waals surface area contributed by atoms with Gasteiger partial charge in [0.2, 0.25) is 0 Å². The van der Waals surface area contributed by atoms with E-state index in [0.29, 0.717) is 0 Å². The lowest BCUT2D eigenvalue weighted by Gasteiger charge is -2.08. The summed E-state index contributed by atoms with van der Waals surface area (Å²) in [5, 5.41) is 6.15. The molecule has 140 valence electrons. The molecule has 0 saturated heterocycles. The van der Waals surface area contributed by atoms with Gasteiger partial charge in [-0.3, -0.25) is 0 Å². The van der Waals surface area contributed by atoms with Gasteiger partial charge >= 0.3 is 0 Å². The highest BCUT2D eigenvalue weighted by molar-refractivity contribution is 6.24. The van der Waals surface area contributed by atoms with E-state index in [9.17, 15) is 0 Å². The second-order valence-corrected chi connectivity index (χ2v) is 8.16. The third kappa shape index (κ3) is 2.34. The van der Waals surface area contributed by atoms with Gasteiger partial charge in [-0.1, -0.05) is 47.0 Å². The highest BCUT2D eigenvalue weighted by Gasteiger charge is 2.16. The third-order valence-corrected chi connectivity index (χ3v) is 5.96. The highest BCUT2D eigenvalue weighted by Crippen LogP contribution is 2.37. The Morgan fingerprint density at radius 1 is 0.655 bits per heavy atom. The minimum Gasteiger partial charge on any atom is -0.360 e. The van der Waals surface area contributed by atoms with Gasteiger partial charge in [-0.05, 0) is 55.8 Å². The third-order valence-electron chi connectivity index (χ3n) is 5.96. The maximum atomic E-state index is 5.11. The number of hydrogen-bond donors (Lipinski definition) is 2. The summed E-state index contributed by atoms with van der Waals surface area (Å²) < 4.78 is 0. The fourth-order valence-corrected chi connectivity index (χ4v) is 4.51. The molecular formula is C26H21N3. The van der Waals surface area contributed by atoms with E-state index in [-0.39, 0.29) is 0 Å². The van der Waals surface area contributed by atoms with Crippen LogP contribution in [0.3, 0.4) is 0 Å². The number of benzene rings is 4. The van der Waals surface area contributed by atoms with Gasteiger partial charge in [-0.15, -0.1) is 0 Å². The molecule has 0 bridgehead atoms. The molecule has 0 aliphatic heterocycles. The molecular weight excluding hydrogens is 354 g/mol. The average molecular weight is 375 g/mol. The van der Waals surface area contributed by atoms with E-state index < -0.39 is 0 Å². The SMILES string of the molecule is Cc1ccc2[nH]cc(-c3nc4c5cc(C)ccc5c5ccc(C)cc5c4[nH]3)c2c1. The number of aromatic nitrogens is 3. The number of rotatable bonds is 1. The van der Waals surface area contributed by atoms with Gasteiger partial charge in [0.1, 0.15) is 5.82 Å². The summed E-state index contributed by atoms with van der Waals surface area (Å²) in [5.74, 6) is 0.911. The zero-order chi connectivity index (χ0) is 19.7. The lowest BCUT2D eigenvalue weighted by Crippen LogP contribution is -1.84. The smallest absolute Gasteiger partial charge is 0.140 e. The molecule has 4 aromatic carbocycles. The summed E-state index contributed by atoms with van der Waals surface area (Å²) in [4.78, 5) is 12.2. The first-order valence-corrected chi connectivity index (χ1v) is 9.99. The van der Waals surface area contributed by atoms with Crippen LogP contribution in [0, 0.1) is 20.8 Å². The Bertz CT molecular complexity index is 1500. The molecule has 6 rings (SSSR count). The maximum Gasteiger partial charge on any atom is 0.140 e. The molecule has 0 fully saturated rings. The molecule has 29 heavy (non-hydrogen) atoms. The van der Waals surface area contributed by atoms with Gasteiger partial charge in [0.25, 0.3) is 0 Å². The monoisotopic (exact) mass is 375 g/mol. The summed E-state index contributed by atoms with van der Waals surface area (Å²) in [6.07, 6.45) is 2.06. The summed E-state index contributed by atoms with van der Waals surface area (Å²) >= 11 is 0. The van der Waals surface area contributed by atoms with Crippen molar-refractivity contribution < 1.29 is 0 Å². The fourth-order valence-electron chi connectivity index (χ4n) is 4.51. The van der Waals surface area contributed by atoms with Crippen molar-refractivity contribution >= 4 is 43.5 Å². The second-order valence-electron chi connectivity index (χ2n) is 8.16. The van der Waals surface area contributed by atoms with Crippen molar-refractivity contribution in [3.8, 4) is 11.4 Å². The molecule has 0 unspecified atom stereocenters. The summed E-state index contributed by atoms with van der Waals surface area (Å²) in [6.45, 7) is 6.41. The lowest BCUT2D eigenvalue weighted by molar-refractivity contribution is 1.34. The van der Waals surface area contributed by atoms with Crippen LogP contribution in [-0.4, -0.2) is 15.0 Å². The van der Waals surface area contributed by atoms with Crippen LogP contribution in [0.15, 0.2) is 60.8 Å². The summed E-state index contributed by atoms with van der Waals surface area (Å²) in [5.41, 5.74) is 8.14. The second kappa shape index (κ2) is 5.71. The van der Waals surface area contributed by atoms with Gasteiger partial charge in [0.15, 0.2) is 0 Å². The number of hydrogen-bond acceptors (Lipinski definition) is 1. The number of imidazole rings is 1. The predicted octanol–water partition coefficient (Wildman–Crippen LogP) is 6.94. The molecule has 2 aromatic heterocycles. The van der Waals surface area contributed by atoms with Crippen molar-refractivity contribution in [1.29, 1.82) is 0 Å². The first kappa shape index (κ1) is 16.4. The highest BCUT2D eigenvalue weighted by atomic mass is 14.9. The van der Waals surface area contributed by atoms with E-state index in [1.807, 2.05) is 0 Å². The van der Waals surface area contributed by atoms with Crippen LogP contribution in [0.2, 0.25) is 0 Å². The van der Waals surface area contributed by atoms with Crippen LogP contribution in [0.25, 0.3) is 54.9 Å². The Morgan fingerprint density at radius 2 is 1.28 bits per heavy atom. The van der Waals surface area contributed by atoms with Crippen molar-refractivity contribution in [3.63, 3.8) is 0 Å². The number of aromatic amines is 2. The Morgan fingerprint density at radius 3 is 2.03 bits per heavy atom. The largest absolute Gasteiger partial charge is 0.360 e. The fraction of sp³-hybridized carbons (Fsp3) is 0.115. The molecule has 0 radical (unpaired) electrons. The van der Waals surface area contributed by atoms with Gasteiger partial charge in [-0.2, -0.15) is 0 Å². The maximum absolute atomic E-state index is 5.11. The number of nitrogens with one attached hydrogen (secondary N) is 2. The van der Waals surface area contributed by atoms with Crippen molar-refractivity contribution in [2.24, 2.45) is 0 Å². The van der Waals surface area contributed by atoms with Crippen LogP contribution < -0.4 is 0 Å². The first-order valence-electron chi connectivity index (χ1n) is 9.99. The Labute approximate surface area is 168 Å². The van der Waals surface area contributed by atoms with E-state index in [1.165, 1.54) is 43.6 Å². The van der Waals surface area contributed by atoms with Crippen molar-refractivity contribution in [2.45, 2.75) is 20.8 Å². The van der Waals surface area contributed by atoms with Crippen LogP contribution >= 0.6 is 0 Å². The van der Waals surface area contributed by atoms with Gasteiger partial charge in [0.05, 0.1) is 11.0 Å². The van der Waals surface area contributed by atoms with Crippen molar-refractivity contribution in [3.05, 3.63) is 77.5 Å².